The van der Waals surface area contributed by atoms with Crippen molar-refractivity contribution in [3.63, 3.8) is 0 Å². The first-order chi connectivity index (χ1) is 14.3. The number of nitrogens with one attached hydrogen (secondary N) is 1. The van der Waals surface area contributed by atoms with Crippen molar-refractivity contribution < 1.29 is 27.1 Å². The number of rotatable bonds is 9. The van der Waals surface area contributed by atoms with Gasteiger partial charge in [0.2, 0.25) is 10.0 Å². The van der Waals surface area contributed by atoms with E-state index in [1.54, 1.807) is 12.1 Å². The number of hydrogen-bond acceptors (Lipinski definition) is 5. The van der Waals surface area contributed by atoms with Gasteiger partial charge in [-0.2, -0.15) is 4.72 Å². The number of benzene rings is 3. The Balaban J connectivity index is 1.44. The van der Waals surface area contributed by atoms with E-state index in [1.165, 1.54) is 36.4 Å². The smallest absolute Gasteiger partial charge is 0.321 e. The van der Waals surface area contributed by atoms with Gasteiger partial charge in [-0.25, -0.2) is 12.8 Å². The van der Waals surface area contributed by atoms with Crippen LogP contribution in [-0.2, 0) is 19.6 Å². The van der Waals surface area contributed by atoms with Crippen molar-refractivity contribution in [2.75, 3.05) is 13.2 Å². The normalized spacial score (nSPS) is 11.4. The van der Waals surface area contributed by atoms with Gasteiger partial charge in [0.1, 0.15) is 12.4 Å². The molecule has 0 heterocycles. The Hall–Kier alpha value is -3.10. The van der Waals surface area contributed by atoms with Gasteiger partial charge < -0.3 is 4.74 Å². The van der Waals surface area contributed by atoms with Crippen LogP contribution in [0.5, 0.6) is 0 Å². The van der Waals surface area contributed by atoms with Crippen LogP contribution in [0.1, 0.15) is 23.2 Å². The second kappa shape index (κ2) is 9.60. The third-order valence-corrected chi connectivity index (χ3v) is 5.81. The van der Waals surface area contributed by atoms with E-state index in [2.05, 4.69) is 4.72 Å². The van der Waals surface area contributed by atoms with E-state index in [1.807, 2.05) is 18.2 Å². The molecule has 8 heteroatoms. The molecule has 0 fully saturated rings. The van der Waals surface area contributed by atoms with Crippen LogP contribution in [0.3, 0.4) is 0 Å². The molecular weight excluding hydrogens is 409 g/mol. The van der Waals surface area contributed by atoms with Gasteiger partial charge in [0.15, 0.2) is 5.78 Å². The summed E-state index contributed by atoms with van der Waals surface area (Å²) in [5.74, 6) is -1.36. The lowest BCUT2D eigenvalue weighted by atomic mass is 10.1. The highest BCUT2D eigenvalue weighted by Gasteiger charge is 2.16. The fourth-order valence-electron chi connectivity index (χ4n) is 2.82. The maximum absolute atomic E-state index is 12.9. The number of halogens is 1. The first-order valence-electron chi connectivity index (χ1n) is 9.28. The Morgan fingerprint density at radius 2 is 1.63 bits per heavy atom. The van der Waals surface area contributed by atoms with Crippen molar-refractivity contribution >= 4 is 32.5 Å². The monoisotopic (exact) mass is 429 g/mol. The van der Waals surface area contributed by atoms with Gasteiger partial charge in [-0.05, 0) is 53.6 Å². The van der Waals surface area contributed by atoms with Crippen molar-refractivity contribution in [1.29, 1.82) is 0 Å². The number of ketones is 1. The van der Waals surface area contributed by atoms with Crippen molar-refractivity contribution in [3.8, 4) is 0 Å². The van der Waals surface area contributed by atoms with E-state index >= 15 is 0 Å². The van der Waals surface area contributed by atoms with E-state index in [0.29, 0.717) is 5.56 Å². The van der Waals surface area contributed by atoms with Crippen LogP contribution in [0.25, 0.3) is 10.8 Å². The Morgan fingerprint density at radius 1 is 0.933 bits per heavy atom. The fourth-order valence-corrected chi connectivity index (χ4v) is 3.83. The van der Waals surface area contributed by atoms with E-state index in [4.69, 9.17) is 4.74 Å². The highest BCUT2D eigenvalue weighted by Crippen LogP contribution is 2.18. The summed E-state index contributed by atoms with van der Waals surface area (Å²) in [5, 5.41) is 1.68. The molecule has 3 aromatic carbocycles. The minimum Gasteiger partial charge on any atom is -0.465 e. The summed E-state index contributed by atoms with van der Waals surface area (Å²) in [6.45, 7) is -0.537. The SMILES string of the molecule is O=C(CNS(=O)(=O)c1ccc2ccccc2c1)OCCCC(=O)c1ccc(F)cc1. The summed E-state index contributed by atoms with van der Waals surface area (Å²) in [6, 6.07) is 17.2. The average molecular weight is 429 g/mol. The van der Waals surface area contributed by atoms with Crippen molar-refractivity contribution in [2.24, 2.45) is 0 Å². The summed E-state index contributed by atoms with van der Waals surface area (Å²) in [7, 11) is -3.87. The quantitative estimate of drug-likeness (QED) is 0.320. The zero-order chi connectivity index (χ0) is 21.6. The molecule has 156 valence electrons. The number of Topliss-reactive ketones (excluding diaryl/α,β-unsaturated/α-hetero) is 1. The Bertz CT molecular complexity index is 1160. The molecule has 0 aliphatic carbocycles. The third-order valence-electron chi connectivity index (χ3n) is 4.42. The first kappa shape index (κ1) is 21.6. The molecule has 0 aliphatic heterocycles. The van der Waals surface area contributed by atoms with Gasteiger partial charge in [-0.3, -0.25) is 9.59 Å². The molecule has 0 saturated heterocycles. The second-order valence-electron chi connectivity index (χ2n) is 6.59. The van der Waals surface area contributed by atoms with Crippen molar-refractivity contribution in [2.45, 2.75) is 17.7 Å². The minimum atomic E-state index is -3.87. The van der Waals surface area contributed by atoms with Crippen LogP contribution < -0.4 is 4.72 Å². The number of sulfonamides is 1. The molecule has 0 bridgehead atoms. The predicted molar refractivity (Wildman–Crippen MR) is 110 cm³/mol. The van der Waals surface area contributed by atoms with E-state index < -0.39 is 28.4 Å². The number of carbonyl (C=O) groups is 2. The highest BCUT2D eigenvalue weighted by atomic mass is 32.2. The molecule has 0 aromatic heterocycles. The Morgan fingerprint density at radius 3 is 2.37 bits per heavy atom. The van der Waals surface area contributed by atoms with Crippen molar-refractivity contribution in [3.05, 3.63) is 78.1 Å². The zero-order valence-electron chi connectivity index (χ0n) is 16.0. The minimum absolute atomic E-state index is 0.0243. The van der Waals surface area contributed by atoms with Crippen LogP contribution in [0.4, 0.5) is 4.39 Å². The lowest BCUT2D eigenvalue weighted by molar-refractivity contribution is -0.142. The van der Waals surface area contributed by atoms with Crippen LogP contribution in [0.2, 0.25) is 0 Å². The average Bonchev–Trinajstić information content (AvgIpc) is 2.75. The topological polar surface area (TPSA) is 89.5 Å². The van der Waals surface area contributed by atoms with Gasteiger partial charge in [0.25, 0.3) is 0 Å². The molecule has 0 spiro atoms. The summed E-state index contributed by atoms with van der Waals surface area (Å²) >= 11 is 0. The molecule has 0 saturated carbocycles. The number of fused-ring (bicyclic) bond motifs is 1. The van der Waals surface area contributed by atoms with Gasteiger partial charge in [-0.15, -0.1) is 0 Å². The number of carbonyl (C=O) groups excluding carboxylic acids is 2. The molecule has 0 amide bonds. The Kier molecular flexibility index (Phi) is 6.91. The molecule has 1 N–H and O–H groups in total. The van der Waals surface area contributed by atoms with Crippen molar-refractivity contribution in [1.82, 2.24) is 4.72 Å². The van der Waals surface area contributed by atoms with E-state index in [9.17, 15) is 22.4 Å². The molecule has 6 nitrogen and oxygen atoms in total. The number of ether oxygens (including phenoxy) is 1. The summed E-state index contributed by atoms with van der Waals surface area (Å²) in [6.07, 6.45) is 0.404. The van der Waals surface area contributed by atoms with Gasteiger partial charge in [0.05, 0.1) is 11.5 Å². The predicted octanol–water partition coefficient (Wildman–Crippen LogP) is 3.46. The standard InChI is InChI=1S/C22H20FNO5S/c23-19-10-7-17(8-11-19)21(25)6-3-13-29-22(26)15-24-30(27,28)20-12-9-16-4-1-2-5-18(16)14-20/h1-2,4-5,7-12,14,24H,3,6,13,15H2. The molecular formula is C22H20FNO5S. The maximum Gasteiger partial charge on any atom is 0.321 e. The fraction of sp³-hybridized carbons (Fsp3) is 0.182. The maximum atomic E-state index is 12.9. The molecule has 0 atom stereocenters. The van der Waals surface area contributed by atoms with Crippen LogP contribution in [0, 0.1) is 5.82 Å². The summed E-state index contributed by atoms with van der Waals surface area (Å²) in [4.78, 5) is 23.8. The Labute approximate surface area is 173 Å². The number of esters is 1. The number of hydrogen-bond donors (Lipinski definition) is 1. The first-order valence-corrected chi connectivity index (χ1v) is 10.8. The summed E-state index contributed by atoms with van der Waals surface area (Å²) < 4.78 is 44.8. The lowest BCUT2D eigenvalue weighted by Crippen LogP contribution is -2.30. The van der Waals surface area contributed by atoms with Crippen LogP contribution in [0.15, 0.2) is 71.6 Å². The molecule has 30 heavy (non-hydrogen) atoms. The molecule has 0 radical (unpaired) electrons. The van der Waals surface area contributed by atoms with Gasteiger partial charge in [0, 0.05) is 12.0 Å². The molecule has 0 aliphatic rings. The molecule has 3 aromatic rings. The lowest BCUT2D eigenvalue weighted by Gasteiger charge is -2.08. The summed E-state index contributed by atoms with van der Waals surface area (Å²) in [5.41, 5.74) is 0.380. The third kappa shape index (κ3) is 5.71. The second-order valence-corrected chi connectivity index (χ2v) is 8.35. The van der Waals surface area contributed by atoms with E-state index in [-0.39, 0.29) is 30.1 Å². The van der Waals surface area contributed by atoms with Gasteiger partial charge >= 0.3 is 5.97 Å². The molecule has 3 rings (SSSR count). The van der Waals surface area contributed by atoms with E-state index in [0.717, 1.165) is 10.8 Å². The molecule has 0 unspecified atom stereocenters. The largest absolute Gasteiger partial charge is 0.465 e. The van der Waals surface area contributed by atoms with Crippen LogP contribution >= 0.6 is 0 Å². The van der Waals surface area contributed by atoms with Crippen LogP contribution in [-0.4, -0.2) is 33.3 Å². The zero-order valence-corrected chi connectivity index (χ0v) is 16.8. The van der Waals surface area contributed by atoms with Gasteiger partial charge in [-0.1, -0.05) is 30.3 Å². The highest BCUT2D eigenvalue weighted by molar-refractivity contribution is 7.89.